The van der Waals surface area contributed by atoms with Crippen LogP contribution in [-0.2, 0) is 17.9 Å². The molecule has 3 aromatic rings. The number of hydrogen-bond acceptors (Lipinski definition) is 3. The van der Waals surface area contributed by atoms with Crippen molar-refractivity contribution in [1.82, 2.24) is 14.7 Å². The van der Waals surface area contributed by atoms with Gasteiger partial charge in [-0.05, 0) is 43.7 Å². The predicted octanol–water partition coefficient (Wildman–Crippen LogP) is 4.37. The Kier molecular flexibility index (Phi) is 6.49. The van der Waals surface area contributed by atoms with E-state index in [4.69, 9.17) is 5.10 Å². The van der Waals surface area contributed by atoms with Crippen molar-refractivity contribution in [2.75, 3.05) is 13.6 Å². The summed E-state index contributed by atoms with van der Waals surface area (Å²) in [6, 6.07) is 16.7. The molecular weight excluding hydrogens is 362 g/mol. The molecule has 5 heteroatoms. The summed E-state index contributed by atoms with van der Waals surface area (Å²) >= 11 is 0. The maximum absolute atomic E-state index is 11.2. The summed E-state index contributed by atoms with van der Waals surface area (Å²) in [5.74, 6) is -1.18. The topological polar surface area (TPSA) is 58.4 Å². The Morgan fingerprint density at radius 1 is 1.14 bits per heavy atom. The number of carboxylic acids is 1. The molecule has 152 valence electrons. The zero-order valence-electron chi connectivity index (χ0n) is 17.6. The average Bonchev–Trinajstić information content (AvgIpc) is 3.06. The molecule has 3 rings (SSSR count). The molecule has 0 amide bonds. The monoisotopic (exact) mass is 391 g/mol. The fraction of sp³-hybridized carbons (Fsp3) is 0.333. The largest absolute Gasteiger partial charge is 0.481 e. The van der Waals surface area contributed by atoms with Crippen LogP contribution in [0.3, 0.4) is 0 Å². The van der Waals surface area contributed by atoms with Crippen molar-refractivity contribution in [2.24, 2.45) is 5.92 Å². The number of aromatic nitrogens is 2. The minimum absolute atomic E-state index is 0.413. The highest BCUT2D eigenvalue weighted by Crippen LogP contribution is 2.26. The number of aryl methyl sites for hydroxylation is 2. The fourth-order valence-corrected chi connectivity index (χ4v) is 3.46. The maximum Gasteiger partial charge on any atom is 0.307 e. The van der Waals surface area contributed by atoms with Crippen LogP contribution >= 0.6 is 0 Å². The van der Waals surface area contributed by atoms with Crippen molar-refractivity contribution in [2.45, 2.75) is 33.9 Å². The van der Waals surface area contributed by atoms with Gasteiger partial charge in [-0.15, -0.1) is 0 Å². The first kappa shape index (κ1) is 20.8. The number of carboxylic acid groups (broad SMARTS) is 1. The van der Waals surface area contributed by atoms with E-state index in [0.29, 0.717) is 19.6 Å². The summed E-state index contributed by atoms with van der Waals surface area (Å²) in [5.41, 5.74) is 6.84. The zero-order chi connectivity index (χ0) is 21.0. The van der Waals surface area contributed by atoms with Crippen LogP contribution in [0.2, 0.25) is 0 Å². The Hall–Kier alpha value is -2.92. The van der Waals surface area contributed by atoms with Gasteiger partial charge in [0, 0.05) is 30.4 Å². The van der Waals surface area contributed by atoms with Crippen LogP contribution in [-0.4, -0.2) is 39.3 Å². The molecule has 0 fully saturated rings. The molecule has 1 aromatic heterocycles. The summed E-state index contributed by atoms with van der Waals surface area (Å²) in [5, 5.41) is 14.1. The van der Waals surface area contributed by atoms with Gasteiger partial charge in [0.2, 0.25) is 0 Å². The van der Waals surface area contributed by atoms with E-state index in [0.717, 1.165) is 16.8 Å². The predicted molar refractivity (Wildman–Crippen MR) is 116 cm³/mol. The molecule has 0 saturated heterocycles. The van der Waals surface area contributed by atoms with Gasteiger partial charge < -0.3 is 10.0 Å². The van der Waals surface area contributed by atoms with Crippen molar-refractivity contribution >= 4 is 5.97 Å². The van der Waals surface area contributed by atoms with Crippen molar-refractivity contribution in [3.05, 3.63) is 77.0 Å². The van der Waals surface area contributed by atoms with Crippen molar-refractivity contribution in [1.29, 1.82) is 0 Å². The Morgan fingerprint density at radius 2 is 1.86 bits per heavy atom. The van der Waals surface area contributed by atoms with Crippen LogP contribution < -0.4 is 0 Å². The third kappa shape index (κ3) is 5.33. The lowest BCUT2D eigenvalue weighted by molar-refractivity contribution is -0.141. The lowest BCUT2D eigenvalue weighted by Gasteiger charge is -2.19. The van der Waals surface area contributed by atoms with Crippen molar-refractivity contribution in [3.8, 4) is 11.3 Å². The highest BCUT2D eigenvalue weighted by Gasteiger charge is 2.18. The molecule has 0 bridgehead atoms. The first-order valence-corrected chi connectivity index (χ1v) is 9.92. The van der Waals surface area contributed by atoms with E-state index >= 15 is 0 Å². The van der Waals surface area contributed by atoms with Crippen LogP contribution in [0.15, 0.2) is 54.7 Å². The molecule has 1 unspecified atom stereocenters. The van der Waals surface area contributed by atoms with Gasteiger partial charge in [0.1, 0.15) is 0 Å². The lowest BCUT2D eigenvalue weighted by Crippen LogP contribution is -2.28. The van der Waals surface area contributed by atoms with Crippen LogP contribution in [0.1, 0.15) is 29.2 Å². The lowest BCUT2D eigenvalue weighted by atomic mass is 10.0. The molecule has 0 saturated carbocycles. The summed E-state index contributed by atoms with van der Waals surface area (Å²) in [4.78, 5) is 13.3. The number of rotatable bonds is 8. The van der Waals surface area contributed by atoms with Crippen LogP contribution in [0, 0.1) is 19.8 Å². The summed E-state index contributed by atoms with van der Waals surface area (Å²) in [6.45, 7) is 7.80. The van der Waals surface area contributed by atoms with Gasteiger partial charge in [-0.3, -0.25) is 9.48 Å². The summed E-state index contributed by atoms with van der Waals surface area (Å²) < 4.78 is 1.98. The van der Waals surface area contributed by atoms with E-state index in [1.807, 2.05) is 34.8 Å². The van der Waals surface area contributed by atoms with Gasteiger partial charge in [-0.2, -0.15) is 5.10 Å². The second-order valence-electron chi connectivity index (χ2n) is 7.92. The standard InChI is InChI=1S/C24H29N3O2/c1-17-10-11-21(12-18(17)2)23-22(15-26(4)13-19(3)24(28)29)16-27(25-23)14-20-8-6-5-7-9-20/h5-12,16,19H,13-15H2,1-4H3,(H,28,29). The van der Waals surface area contributed by atoms with Crippen molar-refractivity contribution < 1.29 is 9.90 Å². The Morgan fingerprint density at radius 3 is 2.52 bits per heavy atom. The molecule has 0 aliphatic carbocycles. The minimum atomic E-state index is -0.772. The third-order valence-corrected chi connectivity index (χ3v) is 5.25. The molecule has 5 nitrogen and oxygen atoms in total. The normalized spacial score (nSPS) is 12.3. The zero-order valence-corrected chi connectivity index (χ0v) is 17.6. The van der Waals surface area contributed by atoms with Gasteiger partial charge in [-0.1, -0.05) is 49.4 Å². The molecule has 1 N–H and O–H groups in total. The second kappa shape index (κ2) is 9.05. The molecule has 1 atom stereocenters. The molecule has 0 aliphatic rings. The van der Waals surface area contributed by atoms with Gasteiger partial charge in [0.05, 0.1) is 18.2 Å². The average molecular weight is 392 g/mol. The first-order chi connectivity index (χ1) is 13.8. The van der Waals surface area contributed by atoms with E-state index in [2.05, 4.69) is 50.4 Å². The first-order valence-electron chi connectivity index (χ1n) is 9.92. The Bertz CT molecular complexity index is 979. The SMILES string of the molecule is Cc1ccc(-c2nn(Cc3ccccc3)cc2CN(C)CC(C)C(=O)O)cc1C. The van der Waals surface area contributed by atoms with E-state index in [1.165, 1.54) is 16.7 Å². The Balaban J connectivity index is 1.91. The number of aliphatic carboxylic acids is 1. The minimum Gasteiger partial charge on any atom is -0.481 e. The summed E-state index contributed by atoms with van der Waals surface area (Å²) in [7, 11) is 1.96. The quantitative estimate of drug-likeness (QED) is 0.620. The van der Waals surface area contributed by atoms with Gasteiger partial charge >= 0.3 is 5.97 Å². The Labute approximate surface area is 172 Å². The number of hydrogen-bond donors (Lipinski definition) is 1. The van der Waals surface area contributed by atoms with Gasteiger partial charge in [0.15, 0.2) is 0 Å². The van der Waals surface area contributed by atoms with Crippen LogP contribution in [0.25, 0.3) is 11.3 Å². The molecule has 1 heterocycles. The molecular formula is C24H29N3O2. The third-order valence-electron chi connectivity index (χ3n) is 5.25. The van der Waals surface area contributed by atoms with E-state index in [9.17, 15) is 9.90 Å². The number of nitrogens with zero attached hydrogens (tertiary/aromatic N) is 3. The summed E-state index contributed by atoms with van der Waals surface area (Å²) in [6.07, 6.45) is 2.08. The smallest absolute Gasteiger partial charge is 0.307 e. The van der Waals surface area contributed by atoms with Gasteiger partial charge in [0.25, 0.3) is 0 Å². The van der Waals surface area contributed by atoms with E-state index < -0.39 is 11.9 Å². The molecule has 0 radical (unpaired) electrons. The molecule has 0 spiro atoms. The fourth-order valence-electron chi connectivity index (χ4n) is 3.46. The highest BCUT2D eigenvalue weighted by atomic mass is 16.4. The van der Waals surface area contributed by atoms with Crippen LogP contribution in [0.5, 0.6) is 0 Å². The molecule has 2 aromatic carbocycles. The van der Waals surface area contributed by atoms with E-state index in [-0.39, 0.29) is 0 Å². The molecule has 0 aliphatic heterocycles. The number of carbonyl (C=O) groups is 1. The number of benzene rings is 2. The van der Waals surface area contributed by atoms with E-state index in [1.54, 1.807) is 6.92 Å². The van der Waals surface area contributed by atoms with Crippen molar-refractivity contribution in [3.63, 3.8) is 0 Å². The highest BCUT2D eigenvalue weighted by molar-refractivity contribution is 5.69. The van der Waals surface area contributed by atoms with Gasteiger partial charge in [-0.25, -0.2) is 0 Å². The van der Waals surface area contributed by atoms with Crippen LogP contribution in [0.4, 0.5) is 0 Å². The molecule has 29 heavy (non-hydrogen) atoms. The second-order valence-corrected chi connectivity index (χ2v) is 7.92. The maximum atomic E-state index is 11.2.